The van der Waals surface area contributed by atoms with E-state index in [1.165, 1.54) is 13.2 Å². The lowest BCUT2D eigenvalue weighted by molar-refractivity contribution is 0.0612. The summed E-state index contributed by atoms with van der Waals surface area (Å²) in [6.07, 6.45) is 0.307. The number of sulfonamides is 1. The van der Waals surface area contributed by atoms with Gasteiger partial charge in [0.25, 0.3) is 5.91 Å². The SMILES string of the molecule is COC(CS(=O)(=O)Nc1cc(C(N)=O)[nH]n1)C1CCOC1. The minimum Gasteiger partial charge on any atom is -0.381 e. The molecule has 21 heavy (non-hydrogen) atoms. The molecule has 0 bridgehead atoms. The van der Waals surface area contributed by atoms with Crippen LogP contribution in [0.5, 0.6) is 0 Å². The van der Waals surface area contributed by atoms with Crippen LogP contribution in [0.2, 0.25) is 0 Å². The van der Waals surface area contributed by atoms with Crippen molar-refractivity contribution in [3.05, 3.63) is 11.8 Å². The molecule has 1 amide bonds. The Morgan fingerprint density at radius 3 is 3.00 bits per heavy atom. The molecule has 2 unspecified atom stereocenters. The standard InChI is InChI=1S/C11H18N4O5S/c1-19-9(7-2-3-20-5-7)6-21(17,18)15-10-4-8(11(12)16)13-14-10/h4,7,9H,2-3,5-6H2,1H3,(H2,12,16)(H2,13,14,15). The number of aromatic amines is 1. The van der Waals surface area contributed by atoms with E-state index in [2.05, 4.69) is 14.9 Å². The normalized spacial score (nSPS) is 20.3. The first kappa shape index (κ1) is 15.7. The summed E-state index contributed by atoms with van der Waals surface area (Å²) in [5.41, 5.74) is 5.08. The van der Waals surface area contributed by atoms with Crippen LogP contribution in [-0.2, 0) is 19.5 Å². The molecule has 0 spiro atoms. The summed E-state index contributed by atoms with van der Waals surface area (Å²) in [6.45, 7) is 1.10. The van der Waals surface area contributed by atoms with Crippen LogP contribution in [0, 0.1) is 5.92 Å². The third-order valence-electron chi connectivity index (χ3n) is 3.28. The van der Waals surface area contributed by atoms with Crippen molar-refractivity contribution in [1.29, 1.82) is 0 Å². The Kier molecular flexibility index (Phi) is 4.80. The first-order valence-corrected chi connectivity index (χ1v) is 8.03. The average Bonchev–Trinajstić information content (AvgIpc) is 3.06. The number of amides is 1. The van der Waals surface area contributed by atoms with Crippen LogP contribution >= 0.6 is 0 Å². The van der Waals surface area contributed by atoms with Crippen molar-refractivity contribution in [2.24, 2.45) is 11.7 Å². The molecule has 118 valence electrons. The van der Waals surface area contributed by atoms with E-state index in [-0.39, 0.29) is 23.2 Å². The van der Waals surface area contributed by atoms with E-state index in [0.29, 0.717) is 13.2 Å². The van der Waals surface area contributed by atoms with Crippen molar-refractivity contribution >= 4 is 21.7 Å². The van der Waals surface area contributed by atoms with Crippen LogP contribution in [0.1, 0.15) is 16.9 Å². The Hall–Kier alpha value is -1.65. The van der Waals surface area contributed by atoms with Crippen molar-refractivity contribution in [3.8, 4) is 0 Å². The highest BCUT2D eigenvalue weighted by atomic mass is 32.2. The molecule has 2 atom stereocenters. The van der Waals surface area contributed by atoms with Gasteiger partial charge in [0, 0.05) is 25.7 Å². The molecule has 4 N–H and O–H groups in total. The van der Waals surface area contributed by atoms with Gasteiger partial charge in [0.2, 0.25) is 10.0 Å². The Labute approximate surface area is 122 Å². The predicted molar refractivity (Wildman–Crippen MR) is 74.2 cm³/mol. The van der Waals surface area contributed by atoms with Crippen LogP contribution in [0.15, 0.2) is 6.07 Å². The van der Waals surface area contributed by atoms with E-state index in [9.17, 15) is 13.2 Å². The lowest BCUT2D eigenvalue weighted by Gasteiger charge is -2.20. The first-order valence-electron chi connectivity index (χ1n) is 6.37. The third-order valence-corrected chi connectivity index (χ3v) is 4.57. The number of nitrogens with zero attached hydrogens (tertiary/aromatic N) is 1. The third kappa shape index (κ3) is 4.16. The second kappa shape index (κ2) is 6.41. The van der Waals surface area contributed by atoms with Crippen molar-refractivity contribution < 1.29 is 22.7 Å². The number of H-pyrrole nitrogens is 1. The van der Waals surface area contributed by atoms with E-state index in [4.69, 9.17) is 15.2 Å². The molecule has 0 radical (unpaired) electrons. The molecule has 0 saturated carbocycles. The highest BCUT2D eigenvalue weighted by Crippen LogP contribution is 2.20. The van der Waals surface area contributed by atoms with Gasteiger partial charge in [-0.25, -0.2) is 8.42 Å². The Balaban J connectivity index is 2.01. The average molecular weight is 318 g/mol. The van der Waals surface area contributed by atoms with Gasteiger partial charge in [-0.2, -0.15) is 5.10 Å². The number of carbonyl (C=O) groups is 1. The zero-order chi connectivity index (χ0) is 15.5. The van der Waals surface area contributed by atoms with Crippen LogP contribution in [0.25, 0.3) is 0 Å². The van der Waals surface area contributed by atoms with Crippen molar-refractivity contribution in [3.63, 3.8) is 0 Å². The molecule has 1 aromatic rings. The van der Waals surface area contributed by atoms with Gasteiger partial charge in [-0.15, -0.1) is 0 Å². The van der Waals surface area contributed by atoms with Gasteiger partial charge in [-0.3, -0.25) is 14.6 Å². The van der Waals surface area contributed by atoms with Crippen LogP contribution < -0.4 is 10.5 Å². The lowest BCUT2D eigenvalue weighted by Crippen LogP contribution is -2.34. The number of hydrogen-bond donors (Lipinski definition) is 3. The molecule has 1 aliphatic heterocycles. The van der Waals surface area contributed by atoms with Gasteiger partial charge >= 0.3 is 0 Å². The summed E-state index contributed by atoms with van der Waals surface area (Å²) in [6, 6.07) is 1.24. The van der Waals surface area contributed by atoms with E-state index in [0.717, 1.165) is 6.42 Å². The molecule has 1 fully saturated rings. The van der Waals surface area contributed by atoms with Gasteiger partial charge in [-0.1, -0.05) is 0 Å². The van der Waals surface area contributed by atoms with E-state index in [1.54, 1.807) is 0 Å². The summed E-state index contributed by atoms with van der Waals surface area (Å²) < 4.78 is 37.0. The Morgan fingerprint density at radius 1 is 1.71 bits per heavy atom. The number of primary amides is 1. The molecule has 0 aromatic carbocycles. The summed E-state index contributed by atoms with van der Waals surface area (Å²) >= 11 is 0. The molecule has 1 aromatic heterocycles. The van der Waals surface area contributed by atoms with Crippen LogP contribution in [0.4, 0.5) is 5.82 Å². The zero-order valence-electron chi connectivity index (χ0n) is 11.5. The number of nitrogens with one attached hydrogen (secondary N) is 2. The molecular weight excluding hydrogens is 300 g/mol. The Bertz CT molecular complexity index is 594. The monoisotopic (exact) mass is 318 g/mol. The topological polar surface area (TPSA) is 136 Å². The predicted octanol–water partition coefficient (Wildman–Crippen LogP) is -0.698. The summed E-state index contributed by atoms with van der Waals surface area (Å²) in [5, 5.41) is 6.02. The first-order chi connectivity index (χ1) is 9.91. The number of hydrogen-bond acceptors (Lipinski definition) is 6. The maximum atomic E-state index is 12.1. The van der Waals surface area contributed by atoms with Crippen molar-refractivity contribution in [2.75, 3.05) is 30.8 Å². The lowest BCUT2D eigenvalue weighted by atomic mass is 10.0. The molecule has 10 heteroatoms. The maximum Gasteiger partial charge on any atom is 0.266 e. The van der Waals surface area contributed by atoms with Gasteiger partial charge < -0.3 is 15.2 Å². The van der Waals surface area contributed by atoms with Crippen LogP contribution in [0.3, 0.4) is 0 Å². The highest BCUT2D eigenvalue weighted by molar-refractivity contribution is 7.92. The van der Waals surface area contributed by atoms with Crippen LogP contribution in [-0.4, -0.2) is 56.7 Å². The van der Waals surface area contributed by atoms with Gasteiger partial charge in [0.1, 0.15) is 5.69 Å². The smallest absolute Gasteiger partial charge is 0.266 e. The van der Waals surface area contributed by atoms with Gasteiger partial charge in [0.05, 0.1) is 18.5 Å². The number of methoxy groups -OCH3 is 1. The van der Waals surface area contributed by atoms with Gasteiger partial charge in [-0.05, 0) is 6.42 Å². The van der Waals surface area contributed by atoms with E-state index in [1.807, 2.05) is 0 Å². The van der Waals surface area contributed by atoms with Crippen molar-refractivity contribution in [1.82, 2.24) is 10.2 Å². The van der Waals surface area contributed by atoms with Gasteiger partial charge in [0.15, 0.2) is 5.82 Å². The second-order valence-electron chi connectivity index (χ2n) is 4.81. The molecular formula is C11H18N4O5S. The summed E-state index contributed by atoms with van der Waals surface area (Å²) in [7, 11) is -2.19. The fourth-order valence-corrected chi connectivity index (χ4v) is 3.51. The molecule has 2 heterocycles. The zero-order valence-corrected chi connectivity index (χ0v) is 12.4. The number of nitrogens with two attached hydrogens (primary N) is 1. The maximum absolute atomic E-state index is 12.1. The number of anilines is 1. The fraction of sp³-hybridized carbons (Fsp3) is 0.636. The molecule has 1 saturated heterocycles. The van der Waals surface area contributed by atoms with E-state index >= 15 is 0 Å². The molecule has 0 aliphatic carbocycles. The number of ether oxygens (including phenoxy) is 2. The summed E-state index contributed by atoms with van der Waals surface area (Å²) in [4.78, 5) is 10.9. The number of carbonyl (C=O) groups excluding carboxylic acids is 1. The van der Waals surface area contributed by atoms with E-state index < -0.39 is 22.0 Å². The second-order valence-corrected chi connectivity index (χ2v) is 6.58. The largest absolute Gasteiger partial charge is 0.381 e. The number of aromatic nitrogens is 2. The molecule has 9 nitrogen and oxygen atoms in total. The number of rotatable bonds is 7. The Morgan fingerprint density at radius 2 is 2.48 bits per heavy atom. The molecule has 2 rings (SSSR count). The molecule has 1 aliphatic rings. The summed E-state index contributed by atoms with van der Waals surface area (Å²) in [5.74, 6) is -0.866. The minimum atomic E-state index is -3.66. The highest BCUT2D eigenvalue weighted by Gasteiger charge is 2.30. The van der Waals surface area contributed by atoms with Crippen molar-refractivity contribution in [2.45, 2.75) is 12.5 Å². The quantitative estimate of drug-likeness (QED) is 0.608. The fourth-order valence-electron chi connectivity index (χ4n) is 2.16. The minimum absolute atomic E-state index is 0.0151.